The summed E-state index contributed by atoms with van der Waals surface area (Å²) < 4.78 is 6.91. The Balaban J connectivity index is 2.09. The van der Waals surface area contributed by atoms with E-state index in [1.165, 1.54) is 24.8 Å². The van der Waals surface area contributed by atoms with Gasteiger partial charge in [0.15, 0.2) is 0 Å². The number of nitrogens with two attached hydrogens (primary N) is 1. The van der Waals surface area contributed by atoms with Crippen molar-refractivity contribution in [2.75, 3.05) is 6.54 Å². The summed E-state index contributed by atoms with van der Waals surface area (Å²) in [5, 5.41) is 0. The van der Waals surface area contributed by atoms with Crippen molar-refractivity contribution in [3.63, 3.8) is 0 Å². The maximum Gasteiger partial charge on any atom is 0.133 e. The third kappa shape index (κ3) is 2.58. The second-order valence-electron chi connectivity index (χ2n) is 4.50. The maximum atomic E-state index is 5.87. The van der Waals surface area contributed by atoms with Crippen LogP contribution in [-0.4, -0.2) is 12.6 Å². The lowest BCUT2D eigenvalue weighted by Gasteiger charge is -2.27. The molecule has 2 rings (SSSR count). The van der Waals surface area contributed by atoms with Crippen LogP contribution in [-0.2, 0) is 0 Å². The molecule has 1 aliphatic rings. The first-order chi connectivity index (χ1) is 7.70. The minimum Gasteiger partial charge on any atom is -0.489 e. The average molecular weight is 284 g/mol. The van der Waals surface area contributed by atoms with Crippen molar-refractivity contribution < 1.29 is 4.74 Å². The first kappa shape index (κ1) is 11.9. The molecule has 0 bridgehead atoms. The van der Waals surface area contributed by atoms with Gasteiger partial charge in [-0.2, -0.15) is 0 Å². The Morgan fingerprint density at radius 3 is 2.75 bits per heavy atom. The Labute approximate surface area is 105 Å². The van der Waals surface area contributed by atoms with E-state index in [1.807, 2.05) is 6.07 Å². The Morgan fingerprint density at radius 1 is 1.50 bits per heavy atom. The fraction of sp³-hybridized carbons (Fsp3) is 0.538. The molecule has 1 saturated carbocycles. The highest BCUT2D eigenvalue weighted by Crippen LogP contribution is 2.32. The van der Waals surface area contributed by atoms with Crippen molar-refractivity contribution in [1.29, 1.82) is 0 Å². The van der Waals surface area contributed by atoms with Crippen molar-refractivity contribution in [2.45, 2.75) is 38.2 Å². The van der Waals surface area contributed by atoms with Crippen LogP contribution >= 0.6 is 15.9 Å². The van der Waals surface area contributed by atoms with E-state index in [9.17, 15) is 0 Å². The highest BCUT2D eigenvalue weighted by atomic mass is 79.9. The molecular formula is C13H18BrNO. The summed E-state index contributed by atoms with van der Waals surface area (Å²) in [5.74, 6) is 1.35. The summed E-state index contributed by atoms with van der Waals surface area (Å²) in [6, 6.07) is 6.27. The number of halogens is 1. The van der Waals surface area contributed by atoms with Crippen molar-refractivity contribution in [3.8, 4) is 5.75 Å². The number of ether oxygens (including phenoxy) is 1. The van der Waals surface area contributed by atoms with Gasteiger partial charge in [0.1, 0.15) is 5.75 Å². The van der Waals surface area contributed by atoms with E-state index in [4.69, 9.17) is 10.5 Å². The lowest BCUT2D eigenvalue weighted by atomic mass is 9.96. The van der Waals surface area contributed by atoms with Gasteiger partial charge in [-0.15, -0.1) is 0 Å². The first-order valence-corrected chi connectivity index (χ1v) is 6.66. The molecule has 1 unspecified atom stereocenters. The van der Waals surface area contributed by atoms with Crippen LogP contribution in [0.5, 0.6) is 5.75 Å². The van der Waals surface area contributed by atoms with E-state index in [2.05, 4.69) is 35.0 Å². The van der Waals surface area contributed by atoms with Crippen LogP contribution in [0.15, 0.2) is 22.7 Å². The number of rotatable bonds is 4. The van der Waals surface area contributed by atoms with E-state index in [0.29, 0.717) is 18.6 Å². The van der Waals surface area contributed by atoms with E-state index >= 15 is 0 Å². The molecule has 0 aliphatic heterocycles. The van der Waals surface area contributed by atoms with Gasteiger partial charge in [-0.3, -0.25) is 0 Å². The second-order valence-corrected chi connectivity index (χ2v) is 5.35. The number of benzene rings is 1. The molecule has 2 nitrogen and oxygen atoms in total. The average Bonchev–Trinajstić information content (AvgIpc) is 2.23. The van der Waals surface area contributed by atoms with Gasteiger partial charge < -0.3 is 10.5 Å². The van der Waals surface area contributed by atoms with Gasteiger partial charge in [0.05, 0.1) is 10.6 Å². The van der Waals surface area contributed by atoms with Crippen molar-refractivity contribution in [3.05, 3.63) is 28.2 Å². The monoisotopic (exact) mass is 283 g/mol. The van der Waals surface area contributed by atoms with Crippen LogP contribution in [0.4, 0.5) is 0 Å². The summed E-state index contributed by atoms with van der Waals surface area (Å²) in [5.41, 5.74) is 6.92. The summed E-state index contributed by atoms with van der Waals surface area (Å²) in [6.45, 7) is 2.81. The van der Waals surface area contributed by atoms with E-state index in [-0.39, 0.29) is 0 Å². The molecule has 0 spiro atoms. The van der Waals surface area contributed by atoms with Gasteiger partial charge in [-0.1, -0.05) is 13.0 Å². The topological polar surface area (TPSA) is 35.2 Å². The Bertz CT molecular complexity index is 363. The molecule has 0 aromatic heterocycles. The molecule has 1 aliphatic carbocycles. The van der Waals surface area contributed by atoms with Gasteiger partial charge in [0.2, 0.25) is 0 Å². The van der Waals surface area contributed by atoms with Gasteiger partial charge in [0, 0.05) is 0 Å². The highest BCUT2D eigenvalue weighted by Gasteiger charge is 2.20. The minimum absolute atomic E-state index is 0.397. The molecule has 1 aromatic rings. The Hall–Kier alpha value is -0.540. The number of hydrogen-bond donors (Lipinski definition) is 1. The lowest BCUT2D eigenvalue weighted by Crippen LogP contribution is -2.24. The fourth-order valence-corrected chi connectivity index (χ4v) is 2.21. The zero-order valence-corrected chi connectivity index (χ0v) is 11.2. The van der Waals surface area contributed by atoms with Crippen LogP contribution in [0, 0.1) is 0 Å². The first-order valence-electron chi connectivity index (χ1n) is 5.87. The van der Waals surface area contributed by atoms with Crippen molar-refractivity contribution >= 4 is 15.9 Å². The quantitative estimate of drug-likeness (QED) is 0.919. The van der Waals surface area contributed by atoms with Crippen LogP contribution in [0.3, 0.4) is 0 Å². The molecule has 3 heteroatoms. The summed E-state index contributed by atoms with van der Waals surface area (Å²) >= 11 is 3.56. The Kier molecular flexibility index (Phi) is 3.87. The molecule has 1 aromatic carbocycles. The number of hydrogen-bond acceptors (Lipinski definition) is 2. The van der Waals surface area contributed by atoms with Crippen LogP contribution in [0.25, 0.3) is 0 Å². The Morgan fingerprint density at radius 2 is 2.25 bits per heavy atom. The van der Waals surface area contributed by atoms with E-state index in [1.54, 1.807) is 0 Å². The molecular weight excluding hydrogens is 266 g/mol. The zero-order chi connectivity index (χ0) is 11.5. The van der Waals surface area contributed by atoms with Gasteiger partial charge >= 0.3 is 0 Å². The molecule has 88 valence electrons. The predicted molar refractivity (Wildman–Crippen MR) is 69.9 cm³/mol. The zero-order valence-electron chi connectivity index (χ0n) is 9.58. The molecule has 0 amide bonds. The standard InChI is InChI=1S/C13H18BrNO/c1-9(8-15)10-5-6-13(12(14)7-10)16-11-3-2-4-11/h5-7,9,11H,2-4,8,15H2,1H3. The van der Waals surface area contributed by atoms with Crippen LogP contribution in [0.2, 0.25) is 0 Å². The molecule has 1 atom stereocenters. The minimum atomic E-state index is 0.397. The van der Waals surface area contributed by atoms with E-state index in [0.717, 1.165) is 10.2 Å². The van der Waals surface area contributed by atoms with Crippen LogP contribution < -0.4 is 10.5 Å². The summed E-state index contributed by atoms with van der Waals surface area (Å²) in [6.07, 6.45) is 4.10. The molecule has 0 saturated heterocycles. The lowest BCUT2D eigenvalue weighted by molar-refractivity contribution is 0.119. The third-order valence-corrected chi connectivity index (χ3v) is 3.84. The predicted octanol–water partition coefficient (Wildman–Crippen LogP) is 3.44. The van der Waals surface area contributed by atoms with Gasteiger partial charge in [-0.05, 0) is 65.4 Å². The van der Waals surface area contributed by atoms with E-state index < -0.39 is 0 Å². The highest BCUT2D eigenvalue weighted by molar-refractivity contribution is 9.10. The molecule has 0 heterocycles. The van der Waals surface area contributed by atoms with Gasteiger partial charge in [-0.25, -0.2) is 0 Å². The largest absolute Gasteiger partial charge is 0.489 e. The second kappa shape index (κ2) is 5.19. The molecule has 16 heavy (non-hydrogen) atoms. The summed E-state index contributed by atoms with van der Waals surface area (Å²) in [7, 11) is 0. The molecule has 2 N–H and O–H groups in total. The normalized spacial score (nSPS) is 17.9. The molecule has 1 fully saturated rings. The fourth-order valence-electron chi connectivity index (χ4n) is 1.72. The maximum absolute atomic E-state index is 5.87. The summed E-state index contributed by atoms with van der Waals surface area (Å²) in [4.78, 5) is 0. The smallest absolute Gasteiger partial charge is 0.133 e. The van der Waals surface area contributed by atoms with Crippen molar-refractivity contribution in [1.82, 2.24) is 0 Å². The molecule has 0 radical (unpaired) electrons. The van der Waals surface area contributed by atoms with Crippen LogP contribution in [0.1, 0.15) is 37.7 Å². The third-order valence-electron chi connectivity index (χ3n) is 3.22. The SMILES string of the molecule is CC(CN)c1ccc(OC2CCC2)c(Br)c1. The van der Waals surface area contributed by atoms with Crippen molar-refractivity contribution in [2.24, 2.45) is 5.73 Å². The van der Waals surface area contributed by atoms with Gasteiger partial charge in [0.25, 0.3) is 0 Å².